The minimum absolute atomic E-state index is 0.205. The highest BCUT2D eigenvalue weighted by Gasteiger charge is 2.12. The van der Waals surface area contributed by atoms with E-state index in [2.05, 4.69) is 43.4 Å². The molecule has 31 heavy (non-hydrogen) atoms. The van der Waals surface area contributed by atoms with Crippen LogP contribution in [0.4, 0.5) is 0 Å². The van der Waals surface area contributed by atoms with Crippen molar-refractivity contribution >= 4 is 28.6 Å². The maximum absolute atomic E-state index is 12.4. The summed E-state index contributed by atoms with van der Waals surface area (Å²) >= 11 is 2.37. The summed E-state index contributed by atoms with van der Waals surface area (Å²) in [5.74, 6) is 2.19. The Bertz CT molecular complexity index is 758. The lowest BCUT2D eigenvalue weighted by Gasteiger charge is -2.17. The molecule has 0 radical (unpaired) electrons. The predicted molar refractivity (Wildman–Crippen MR) is 135 cm³/mol. The first-order valence-electron chi connectivity index (χ1n) is 11.3. The van der Waals surface area contributed by atoms with Gasteiger partial charge < -0.3 is 14.2 Å². The van der Waals surface area contributed by atoms with Crippen molar-refractivity contribution in [1.82, 2.24) is 0 Å². The third-order valence-electron chi connectivity index (χ3n) is 5.21. The molecule has 0 fully saturated rings. The van der Waals surface area contributed by atoms with E-state index in [4.69, 9.17) is 14.2 Å². The molecular weight excluding hydrogens is 503 g/mol. The van der Waals surface area contributed by atoms with Crippen LogP contribution in [0.15, 0.2) is 48.5 Å². The number of hydrogen-bond donors (Lipinski definition) is 0. The second-order valence-electron chi connectivity index (χ2n) is 7.95. The molecule has 0 bridgehead atoms. The maximum Gasteiger partial charge on any atom is 0.343 e. The number of esters is 1. The van der Waals surface area contributed by atoms with Crippen molar-refractivity contribution in [2.75, 3.05) is 11.0 Å². The number of unbranched alkanes of at least 4 members (excludes halogenated alkanes) is 3. The largest absolute Gasteiger partial charge is 0.493 e. The van der Waals surface area contributed by atoms with Crippen LogP contribution in [0.25, 0.3) is 0 Å². The van der Waals surface area contributed by atoms with E-state index >= 15 is 0 Å². The number of carbonyl (C=O) groups excluding carboxylic acids is 1. The first-order valence-corrected chi connectivity index (χ1v) is 12.9. The molecule has 0 amide bonds. The smallest absolute Gasteiger partial charge is 0.343 e. The van der Waals surface area contributed by atoms with E-state index in [1.807, 2.05) is 24.3 Å². The van der Waals surface area contributed by atoms with E-state index in [0.29, 0.717) is 23.8 Å². The summed E-state index contributed by atoms with van der Waals surface area (Å²) in [6.07, 6.45) is 7.30. The summed E-state index contributed by atoms with van der Waals surface area (Å²) in [6, 6.07) is 14.3. The Morgan fingerprint density at radius 3 is 2.16 bits per heavy atom. The Labute approximate surface area is 200 Å². The third kappa shape index (κ3) is 9.50. The summed E-state index contributed by atoms with van der Waals surface area (Å²) in [6.45, 7) is 7.20. The van der Waals surface area contributed by atoms with Gasteiger partial charge in [0.1, 0.15) is 23.4 Å². The fraction of sp³-hybridized carbons (Fsp3) is 0.500. The van der Waals surface area contributed by atoms with Crippen molar-refractivity contribution in [2.24, 2.45) is 5.92 Å². The maximum atomic E-state index is 12.4. The minimum atomic E-state index is -0.384. The molecule has 0 aliphatic rings. The van der Waals surface area contributed by atoms with Gasteiger partial charge in [0.25, 0.3) is 0 Å². The second-order valence-corrected chi connectivity index (χ2v) is 8.83. The summed E-state index contributed by atoms with van der Waals surface area (Å²) in [5, 5.41) is 0. The number of alkyl halides is 1. The van der Waals surface area contributed by atoms with Crippen molar-refractivity contribution in [3.63, 3.8) is 0 Å². The van der Waals surface area contributed by atoms with E-state index in [1.165, 1.54) is 25.7 Å². The summed E-state index contributed by atoms with van der Waals surface area (Å²) in [4.78, 5) is 12.4. The van der Waals surface area contributed by atoms with Gasteiger partial charge in [-0.25, -0.2) is 4.79 Å². The lowest BCUT2D eigenvalue weighted by Crippen LogP contribution is -2.18. The van der Waals surface area contributed by atoms with Gasteiger partial charge >= 0.3 is 5.97 Å². The zero-order chi connectivity index (χ0) is 22.5. The van der Waals surface area contributed by atoms with Gasteiger partial charge in [0.15, 0.2) is 0 Å². The Kier molecular flexibility index (Phi) is 11.8. The van der Waals surface area contributed by atoms with Gasteiger partial charge in [-0.2, -0.15) is 0 Å². The number of hydrogen-bond acceptors (Lipinski definition) is 4. The zero-order valence-corrected chi connectivity index (χ0v) is 21.1. The molecule has 170 valence electrons. The Morgan fingerprint density at radius 1 is 0.903 bits per heavy atom. The van der Waals surface area contributed by atoms with Crippen molar-refractivity contribution in [3.8, 4) is 17.2 Å². The van der Waals surface area contributed by atoms with E-state index < -0.39 is 0 Å². The molecular formula is C26H35IO4. The Hall–Kier alpha value is -1.76. The number of benzene rings is 2. The topological polar surface area (TPSA) is 44.8 Å². The molecule has 0 saturated carbocycles. The van der Waals surface area contributed by atoms with E-state index in [-0.39, 0.29) is 12.1 Å². The van der Waals surface area contributed by atoms with Crippen LogP contribution in [0.5, 0.6) is 17.2 Å². The van der Waals surface area contributed by atoms with E-state index in [1.54, 1.807) is 24.3 Å². The molecule has 2 atom stereocenters. The SMILES string of the molecule is CCCCCC[C@H](CI)Oc1ccc(C(=O)Oc2ccc(OCC(C)CC)cc2)cc1. The van der Waals surface area contributed by atoms with Gasteiger partial charge in [0.2, 0.25) is 0 Å². The van der Waals surface area contributed by atoms with Crippen LogP contribution in [0.2, 0.25) is 0 Å². The monoisotopic (exact) mass is 538 g/mol. The lowest BCUT2D eigenvalue weighted by molar-refractivity contribution is 0.0734. The number of halogens is 1. The van der Waals surface area contributed by atoms with Gasteiger partial charge in [-0.1, -0.05) is 69.0 Å². The Balaban J connectivity index is 1.84. The molecule has 0 aliphatic heterocycles. The van der Waals surface area contributed by atoms with Crippen molar-refractivity contribution in [2.45, 2.75) is 65.4 Å². The minimum Gasteiger partial charge on any atom is -0.493 e. The highest BCUT2D eigenvalue weighted by atomic mass is 127. The van der Waals surface area contributed by atoms with Crippen molar-refractivity contribution in [3.05, 3.63) is 54.1 Å². The van der Waals surface area contributed by atoms with Crippen LogP contribution in [0, 0.1) is 5.92 Å². The van der Waals surface area contributed by atoms with Crippen molar-refractivity contribution < 1.29 is 19.0 Å². The van der Waals surface area contributed by atoms with Gasteiger partial charge in [-0.3, -0.25) is 0 Å². The van der Waals surface area contributed by atoms with Crippen LogP contribution < -0.4 is 14.2 Å². The molecule has 1 unspecified atom stereocenters. The predicted octanol–water partition coefficient (Wildman–Crippen LogP) is 7.48. The highest BCUT2D eigenvalue weighted by molar-refractivity contribution is 14.1. The van der Waals surface area contributed by atoms with Gasteiger partial charge in [0, 0.05) is 4.43 Å². The number of rotatable bonds is 14. The molecule has 0 aromatic heterocycles. The lowest BCUT2D eigenvalue weighted by atomic mass is 10.1. The molecule has 2 aromatic carbocycles. The van der Waals surface area contributed by atoms with Crippen molar-refractivity contribution in [1.29, 1.82) is 0 Å². The molecule has 0 N–H and O–H groups in total. The fourth-order valence-corrected chi connectivity index (χ4v) is 3.57. The quantitative estimate of drug-likeness (QED) is 0.0823. The normalized spacial score (nSPS) is 12.8. The zero-order valence-electron chi connectivity index (χ0n) is 18.9. The van der Waals surface area contributed by atoms with E-state index in [0.717, 1.165) is 28.8 Å². The average molecular weight is 538 g/mol. The van der Waals surface area contributed by atoms with Crippen LogP contribution in [0.3, 0.4) is 0 Å². The van der Waals surface area contributed by atoms with Gasteiger partial charge in [-0.15, -0.1) is 0 Å². The molecule has 2 aromatic rings. The van der Waals surface area contributed by atoms with Crippen LogP contribution >= 0.6 is 22.6 Å². The number of carbonyl (C=O) groups is 1. The molecule has 4 nitrogen and oxygen atoms in total. The molecule has 2 rings (SSSR count). The molecule has 5 heteroatoms. The van der Waals surface area contributed by atoms with Crippen LogP contribution in [-0.2, 0) is 0 Å². The molecule has 0 heterocycles. The first-order chi connectivity index (χ1) is 15.0. The van der Waals surface area contributed by atoms with Crippen LogP contribution in [0.1, 0.15) is 69.7 Å². The summed E-state index contributed by atoms with van der Waals surface area (Å²) in [7, 11) is 0. The second kappa shape index (κ2) is 14.3. The van der Waals surface area contributed by atoms with E-state index in [9.17, 15) is 4.79 Å². The van der Waals surface area contributed by atoms with Crippen LogP contribution in [-0.4, -0.2) is 23.1 Å². The third-order valence-corrected chi connectivity index (χ3v) is 6.19. The summed E-state index contributed by atoms with van der Waals surface area (Å²) in [5.41, 5.74) is 0.499. The Morgan fingerprint density at radius 2 is 1.55 bits per heavy atom. The van der Waals surface area contributed by atoms with Gasteiger partial charge in [0.05, 0.1) is 12.2 Å². The standard InChI is InChI=1S/C26H35IO4/c1-4-6-7-8-9-25(18-27)30-23-12-10-21(11-13-23)26(28)31-24-16-14-22(15-17-24)29-19-20(3)5-2/h10-17,20,25H,4-9,18-19H2,1-3H3/t20?,25-/m1/s1. The highest BCUT2D eigenvalue weighted by Crippen LogP contribution is 2.21. The average Bonchev–Trinajstić information content (AvgIpc) is 2.80. The summed E-state index contributed by atoms with van der Waals surface area (Å²) < 4.78 is 18.3. The molecule has 0 aliphatic carbocycles. The molecule has 0 spiro atoms. The molecule has 0 saturated heterocycles. The number of ether oxygens (including phenoxy) is 3. The van der Waals surface area contributed by atoms with Gasteiger partial charge in [-0.05, 0) is 67.3 Å². The fourth-order valence-electron chi connectivity index (χ4n) is 2.95. The first kappa shape index (κ1) is 25.5.